The summed E-state index contributed by atoms with van der Waals surface area (Å²) in [6, 6.07) is 7.27. The Morgan fingerprint density at radius 1 is 1.39 bits per heavy atom. The summed E-state index contributed by atoms with van der Waals surface area (Å²) in [5, 5.41) is 11.7. The molecule has 1 aromatic carbocycles. The van der Waals surface area contributed by atoms with E-state index >= 15 is 0 Å². The molecule has 2 aliphatic rings. The molecule has 0 aromatic heterocycles. The van der Waals surface area contributed by atoms with Crippen LogP contribution in [0.2, 0.25) is 5.02 Å². The number of amides is 1. The third kappa shape index (κ3) is 3.17. The molecule has 1 aromatic rings. The minimum atomic E-state index is -1.05. The van der Waals surface area contributed by atoms with Crippen molar-refractivity contribution < 1.29 is 14.6 Å². The van der Waals surface area contributed by atoms with Gasteiger partial charge in [-0.1, -0.05) is 23.4 Å². The molecule has 3 atom stereocenters. The first-order valence-electron chi connectivity index (χ1n) is 7.89. The van der Waals surface area contributed by atoms with Crippen molar-refractivity contribution in [1.82, 2.24) is 4.90 Å². The largest absolute Gasteiger partial charge is 0.453 e. The number of aliphatic hydroxyl groups is 1. The van der Waals surface area contributed by atoms with E-state index in [9.17, 15) is 9.90 Å². The van der Waals surface area contributed by atoms with Gasteiger partial charge >= 0.3 is 6.09 Å². The summed E-state index contributed by atoms with van der Waals surface area (Å²) < 4.78 is 4.85. The van der Waals surface area contributed by atoms with E-state index in [2.05, 4.69) is 11.8 Å². The van der Waals surface area contributed by atoms with Crippen molar-refractivity contribution in [3.05, 3.63) is 34.9 Å². The Bertz CT molecular complexity index is 648. The molecule has 5 heteroatoms. The van der Waals surface area contributed by atoms with Gasteiger partial charge in [0.25, 0.3) is 0 Å². The summed E-state index contributed by atoms with van der Waals surface area (Å²) in [7, 11) is 1.39. The number of likely N-dealkylation sites (tertiary alicyclic amines) is 1. The molecule has 0 radical (unpaired) electrons. The highest BCUT2D eigenvalue weighted by Gasteiger charge is 2.50. The molecule has 1 amide bonds. The summed E-state index contributed by atoms with van der Waals surface area (Å²) >= 11 is 5.87. The summed E-state index contributed by atoms with van der Waals surface area (Å²) in [6.07, 6.45) is 2.83. The van der Waals surface area contributed by atoms with Crippen LogP contribution < -0.4 is 0 Å². The number of benzene rings is 1. The summed E-state index contributed by atoms with van der Waals surface area (Å²) in [5.41, 5.74) is -0.224. The minimum absolute atomic E-state index is 0.0146. The molecule has 1 aliphatic heterocycles. The smallest absolute Gasteiger partial charge is 0.409 e. The van der Waals surface area contributed by atoms with Crippen LogP contribution in [0.15, 0.2) is 24.3 Å². The second-order valence-corrected chi connectivity index (χ2v) is 6.64. The van der Waals surface area contributed by atoms with Crippen molar-refractivity contribution in [3.63, 3.8) is 0 Å². The Balaban J connectivity index is 1.82. The monoisotopic (exact) mass is 333 g/mol. The number of methoxy groups -OCH3 is 1. The van der Waals surface area contributed by atoms with Crippen molar-refractivity contribution in [2.75, 3.05) is 13.7 Å². The summed E-state index contributed by atoms with van der Waals surface area (Å²) in [6.45, 7) is 0.618. The average molecular weight is 334 g/mol. The molecular formula is C18H20ClNO3. The van der Waals surface area contributed by atoms with E-state index in [-0.39, 0.29) is 18.1 Å². The normalized spacial score (nSPS) is 29.4. The Hall–Kier alpha value is -1.70. The maximum Gasteiger partial charge on any atom is 0.409 e. The molecular weight excluding hydrogens is 314 g/mol. The number of rotatable bonds is 0. The zero-order valence-corrected chi connectivity index (χ0v) is 13.8. The summed E-state index contributed by atoms with van der Waals surface area (Å²) in [5.74, 6) is 6.11. The quantitative estimate of drug-likeness (QED) is 0.742. The van der Waals surface area contributed by atoms with E-state index in [1.807, 2.05) is 12.1 Å². The van der Waals surface area contributed by atoms with Crippen molar-refractivity contribution in [3.8, 4) is 11.8 Å². The van der Waals surface area contributed by atoms with Crippen molar-refractivity contribution in [1.29, 1.82) is 0 Å². The van der Waals surface area contributed by atoms with Crippen LogP contribution in [0.25, 0.3) is 0 Å². The zero-order chi connectivity index (χ0) is 16.4. The van der Waals surface area contributed by atoms with Crippen molar-refractivity contribution in [2.45, 2.75) is 37.3 Å². The van der Waals surface area contributed by atoms with Gasteiger partial charge in [-0.2, -0.15) is 0 Å². The van der Waals surface area contributed by atoms with Crippen molar-refractivity contribution in [2.24, 2.45) is 5.92 Å². The highest BCUT2D eigenvalue weighted by molar-refractivity contribution is 6.30. The van der Waals surface area contributed by atoms with Gasteiger partial charge in [0.2, 0.25) is 0 Å². The van der Waals surface area contributed by atoms with Gasteiger partial charge in [-0.05, 0) is 49.9 Å². The summed E-state index contributed by atoms with van der Waals surface area (Å²) in [4.78, 5) is 13.6. The van der Waals surface area contributed by atoms with Crippen LogP contribution in [-0.4, -0.2) is 41.4 Å². The van der Waals surface area contributed by atoms with Crippen molar-refractivity contribution >= 4 is 17.7 Å². The lowest BCUT2D eigenvalue weighted by molar-refractivity contribution is -0.0136. The molecule has 1 aliphatic carbocycles. The van der Waals surface area contributed by atoms with Crippen LogP contribution in [0.1, 0.15) is 31.2 Å². The molecule has 3 rings (SSSR count). The molecule has 23 heavy (non-hydrogen) atoms. The zero-order valence-electron chi connectivity index (χ0n) is 13.1. The minimum Gasteiger partial charge on any atom is -0.453 e. The number of fused-ring (bicyclic) bond motifs is 1. The molecule has 1 saturated carbocycles. The number of hydrogen-bond acceptors (Lipinski definition) is 3. The number of carbonyl (C=O) groups is 1. The van der Waals surface area contributed by atoms with Gasteiger partial charge in [0.15, 0.2) is 0 Å². The third-order valence-corrected chi connectivity index (χ3v) is 5.15. The Kier molecular flexibility index (Phi) is 4.52. The second-order valence-electron chi connectivity index (χ2n) is 6.20. The highest BCUT2D eigenvalue weighted by atomic mass is 35.5. The maximum absolute atomic E-state index is 11.9. The van der Waals surface area contributed by atoms with E-state index in [0.29, 0.717) is 18.0 Å². The molecule has 1 heterocycles. The van der Waals surface area contributed by atoms with E-state index in [1.54, 1.807) is 17.0 Å². The lowest BCUT2D eigenvalue weighted by atomic mass is 9.73. The molecule has 4 nitrogen and oxygen atoms in total. The van der Waals surface area contributed by atoms with Crippen LogP contribution in [0, 0.1) is 17.8 Å². The lowest BCUT2D eigenvalue weighted by Crippen LogP contribution is -2.49. The Morgan fingerprint density at radius 2 is 2.13 bits per heavy atom. The molecule has 1 saturated heterocycles. The molecule has 122 valence electrons. The predicted octanol–water partition coefficient (Wildman–Crippen LogP) is 3.06. The fraction of sp³-hybridized carbons (Fsp3) is 0.500. The average Bonchev–Trinajstić information content (AvgIpc) is 2.99. The van der Waals surface area contributed by atoms with Gasteiger partial charge in [-0.3, -0.25) is 0 Å². The molecule has 2 fully saturated rings. The van der Waals surface area contributed by atoms with Gasteiger partial charge in [0, 0.05) is 29.1 Å². The standard InChI is InChI=1S/C18H20ClNO3/c1-23-17(21)20-12-9-15-16(20)3-2-10-18(15,22)11-8-13-4-6-14(19)7-5-13/h4-7,15-16,22H,2-3,9-10,12H2,1H3/t15?,16?,18-/m1/s1. The molecule has 0 bridgehead atoms. The van der Waals surface area contributed by atoms with Gasteiger partial charge in [-0.25, -0.2) is 4.79 Å². The van der Waals surface area contributed by atoms with Crippen LogP contribution in [0.4, 0.5) is 4.79 Å². The number of halogens is 1. The number of ether oxygens (including phenoxy) is 1. The van der Waals surface area contributed by atoms with E-state index in [4.69, 9.17) is 16.3 Å². The topological polar surface area (TPSA) is 49.8 Å². The first-order chi connectivity index (χ1) is 11.0. The van der Waals surface area contributed by atoms with Crippen LogP contribution >= 0.6 is 11.6 Å². The van der Waals surface area contributed by atoms with Gasteiger partial charge < -0.3 is 14.7 Å². The predicted molar refractivity (Wildman–Crippen MR) is 88.1 cm³/mol. The van der Waals surface area contributed by atoms with Crippen LogP contribution in [-0.2, 0) is 4.74 Å². The third-order valence-electron chi connectivity index (χ3n) is 4.89. The fourth-order valence-electron chi connectivity index (χ4n) is 3.75. The Labute approximate surface area is 141 Å². The Morgan fingerprint density at radius 3 is 2.83 bits per heavy atom. The van der Waals surface area contributed by atoms with Crippen LogP contribution in [0.3, 0.4) is 0 Å². The van der Waals surface area contributed by atoms with Crippen LogP contribution in [0.5, 0.6) is 0 Å². The van der Waals surface area contributed by atoms with Gasteiger partial charge in [0.05, 0.1) is 7.11 Å². The number of carbonyl (C=O) groups excluding carboxylic acids is 1. The number of nitrogens with zero attached hydrogens (tertiary/aromatic N) is 1. The van der Waals surface area contributed by atoms with Gasteiger partial charge in [0.1, 0.15) is 5.60 Å². The second kappa shape index (κ2) is 6.43. The first kappa shape index (κ1) is 16.2. The van der Waals surface area contributed by atoms with Gasteiger partial charge in [-0.15, -0.1) is 0 Å². The lowest BCUT2D eigenvalue weighted by Gasteiger charge is -2.39. The molecule has 0 spiro atoms. The molecule has 1 N–H and O–H groups in total. The first-order valence-corrected chi connectivity index (χ1v) is 8.27. The number of hydrogen-bond donors (Lipinski definition) is 1. The fourth-order valence-corrected chi connectivity index (χ4v) is 3.87. The SMILES string of the molecule is COC(=O)N1CCC2C1CCC[C@@]2(O)C#Cc1ccc(Cl)cc1. The van der Waals surface area contributed by atoms with E-state index in [1.165, 1.54) is 7.11 Å². The van der Waals surface area contributed by atoms with E-state index < -0.39 is 5.60 Å². The highest BCUT2D eigenvalue weighted by Crippen LogP contribution is 2.42. The maximum atomic E-state index is 11.9. The molecule has 2 unspecified atom stereocenters. The van der Waals surface area contributed by atoms with E-state index in [0.717, 1.165) is 24.8 Å².